The monoisotopic (exact) mass is 518 g/mol. The van der Waals surface area contributed by atoms with Crippen LogP contribution < -0.4 is 0 Å². The summed E-state index contributed by atoms with van der Waals surface area (Å²) in [6.45, 7) is 4.75. The molecule has 0 amide bonds. The molecule has 2 aromatic rings. The number of hydrogen-bond donors (Lipinski definition) is 2. The summed E-state index contributed by atoms with van der Waals surface area (Å²) >= 11 is 10.8. The first-order valence-corrected chi connectivity index (χ1v) is 11.2. The third kappa shape index (κ3) is 10.7. The van der Waals surface area contributed by atoms with Gasteiger partial charge < -0.3 is 14.9 Å². The number of aliphatic carboxylic acids is 2. The SMILES string of the molecule is Cl.O=C(O)CCl.O=C(O)COCCN1CCN(C(c2ccccc2)c2ccc(Cl)cc2)CC1. The van der Waals surface area contributed by atoms with Gasteiger partial charge in [-0.25, -0.2) is 4.79 Å². The lowest BCUT2D eigenvalue weighted by molar-refractivity contribution is -0.142. The second kappa shape index (κ2) is 15.9. The highest BCUT2D eigenvalue weighted by Gasteiger charge is 2.26. The van der Waals surface area contributed by atoms with Gasteiger partial charge in [0.05, 0.1) is 12.6 Å². The Morgan fingerprint density at radius 3 is 1.97 bits per heavy atom. The molecule has 1 saturated heterocycles. The summed E-state index contributed by atoms with van der Waals surface area (Å²) < 4.78 is 5.15. The number of rotatable bonds is 9. The van der Waals surface area contributed by atoms with Crippen molar-refractivity contribution in [3.63, 3.8) is 0 Å². The quantitative estimate of drug-likeness (QED) is 0.384. The van der Waals surface area contributed by atoms with Gasteiger partial charge in [-0.05, 0) is 23.3 Å². The second-order valence-electron chi connectivity index (χ2n) is 7.22. The Hall–Kier alpha value is -1.87. The maximum Gasteiger partial charge on any atom is 0.329 e. The number of benzene rings is 2. The van der Waals surface area contributed by atoms with E-state index in [9.17, 15) is 9.59 Å². The van der Waals surface area contributed by atoms with Crippen LogP contribution in [0.5, 0.6) is 0 Å². The summed E-state index contributed by atoms with van der Waals surface area (Å²) in [7, 11) is 0. The minimum atomic E-state index is -0.980. The van der Waals surface area contributed by atoms with E-state index in [1.807, 2.05) is 18.2 Å². The number of hydrogen-bond acceptors (Lipinski definition) is 5. The van der Waals surface area contributed by atoms with E-state index in [0.717, 1.165) is 37.7 Å². The predicted octanol–water partition coefficient (Wildman–Crippen LogP) is 3.88. The van der Waals surface area contributed by atoms with Crippen LogP contribution in [0, 0.1) is 0 Å². The van der Waals surface area contributed by atoms with Crippen molar-refractivity contribution < 1.29 is 24.5 Å². The summed E-state index contributed by atoms with van der Waals surface area (Å²) in [5.41, 5.74) is 2.52. The Balaban J connectivity index is 0.000000821. The average Bonchev–Trinajstić information content (AvgIpc) is 2.80. The van der Waals surface area contributed by atoms with E-state index in [1.54, 1.807) is 0 Å². The first kappa shape index (κ1) is 29.2. The van der Waals surface area contributed by atoms with Crippen LogP contribution in [-0.4, -0.2) is 83.8 Å². The largest absolute Gasteiger partial charge is 0.480 e. The Morgan fingerprint density at radius 2 is 1.45 bits per heavy atom. The van der Waals surface area contributed by atoms with Gasteiger partial charge in [-0.15, -0.1) is 24.0 Å². The van der Waals surface area contributed by atoms with Gasteiger partial charge in [-0.3, -0.25) is 14.6 Å². The molecule has 1 fully saturated rings. The lowest BCUT2D eigenvalue weighted by Crippen LogP contribution is -2.48. The Kier molecular flexibility index (Phi) is 14.0. The zero-order chi connectivity index (χ0) is 23.3. The summed E-state index contributed by atoms with van der Waals surface area (Å²) in [5, 5.41) is 17.0. The number of halogens is 3. The molecular weight excluding hydrogens is 491 g/mol. The van der Waals surface area contributed by atoms with Gasteiger partial charge in [0.15, 0.2) is 0 Å². The highest BCUT2D eigenvalue weighted by molar-refractivity contribution is 6.30. The van der Waals surface area contributed by atoms with Crippen molar-refractivity contribution >= 4 is 47.5 Å². The fourth-order valence-corrected chi connectivity index (χ4v) is 3.62. The Labute approximate surface area is 210 Å². The maximum atomic E-state index is 10.5. The van der Waals surface area contributed by atoms with Crippen LogP contribution in [0.4, 0.5) is 0 Å². The van der Waals surface area contributed by atoms with Crippen LogP contribution in [0.25, 0.3) is 0 Å². The van der Waals surface area contributed by atoms with Gasteiger partial charge in [0.25, 0.3) is 0 Å². The first-order chi connectivity index (χ1) is 15.4. The average molecular weight is 520 g/mol. The Bertz CT molecular complexity index is 832. The molecule has 3 rings (SSSR count). The zero-order valence-corrected chi connectivity index (χ0v) is 20.4. The van der Waals surface area contributed by atoms with Gasteiger partial charge >= 0.3 is 11.9 Å². The van der Waals surface area contributed by atoms with Crippen molar-refractivity contribution in [2.45, 2.75) is 6.04 Å². The van der Waals surface area contributed by atoms with Crippen molar-refractivity contribution in [2.24, 2.45) is 0 Å². The van der Waals surface area contributed by atoms with Crippen molar-refractivity contribution in [1.82, 2.24) is 9.80 Å². The van der Waals surface area contributed by atoms with Crippen LogP contribution in [0.15, 0.2) is 54.6 Å². The molecule has 0 aliphatic carbocycles. The molecule has 1 unspecified atom stereocenters. The number of nitrogens with zero attached hydrogens (tertiary/aromatic N) is 2. The number of carboxylic acids is 2. The molecule has 1 aliphatic heterocycles. The highest BCUT2D eigenvalue weighted by atomic mass is 35.5. The smallest absolute Gasteiger partial charge is 0.329 e. The third-order valence-electron chi connectivity index (χ3n) is 4.96. The van der Waals surface area contributed by atoms with E-state index in [0.29, 0.717) is 6.61 Å². The van der Waals surface area contributed by atoms with E-state index in [-0.39, 0.29) is 30.9 Å². The molecule has 1 aliphatic rings. The lowest BCUT2D eigenvalue weighted by atomic mass is 9.96. The maximum absolute atomic E-state index is 10.5. The molecule has 0 aromatic heterocycles. The lowest BCUT2D eigenvalue weighted by Gasteiger charge is -2.39. The van der Waals surface area contributed by atoms with Crippen molar-refractivity contribution in [1.29, 1.82) is 0 Å². The van der Waals surface area contributed by atoms with Crippen molar-refractivity contribution in [3.05, 3.63) is 70.7 Å². The normalized spacial score (nSPS) is 15.0. The molecule has 2 aromatic carbocycles. The van der Waals surface area contributed by atoms with Crippen LogP contribution in [0.3, 0.4) is 0 Å². The van der Waals surface area contributed by atoms with Crippen LogP contribution in [-0.2, 0) is 14.3 Å². The first-order valence-electron chi connectivity index (χ1n) is 10.2. The highest BCUT2D eigenvalue weighted by Crippen LogP contribution is 2.30. The van der Waals surface area contributed by atoms with E-state index < -0.39 is 11.9 Å². The molecule has 10 heteroatoms. The van der Waals surface area contributed by atoms with Crippen LogP contribution in [0.2, 0.25) is 5.02 Å². The number of carboxylic acid groups (broad SMARTS) is 2. The Morgan fingerprint density at radius 1 is 0.909 bits per heavy atom. The molecule has 1 heterocycles. The number of alkyl halides is 1. The van der Waals surface area contributed by atoms with E-state index in [2.05, 4.69) is 46.2 Å². The predicted molar refractivity (Wildman–Crippen MR) is 132 cm³/mol. The third-order valence-corrected chi connectivity index (χ3v) is 5.45. The molecule has 182 valence electrons. The summed E-state index contributed by atoms with van der Waals surface area (Å²) in [5.74, 6) is -2.21. The van der Waals surface area contributed by atoms with Crippen LogP contribution >= 0.6 is 35.6 Å². The van der Waals surface area contributed by atoms with Gasteiger partial charge in [-0.1, -0.05) is 54.1 Å². The molecule has 0 spiro atoms. The molecule has 33 heavy (non-hydrogen) atoms. The zero-order valence-electron chi connectivity index (χ0n) is 18.1. The summed E-state index contributed by atoms with van der Waals surface area (Å²) in [4.78, 5) is 24.6. The number of carbonyl (C=O) groups is 2. The fourth-order valence-electron chi connectivity index (χ4n) is 3.49. The molecule has 7 nitrogen and oxygen atoms in total. The van der Waals surface area contributed by atoms with Gasteiger partial charge in [-0.2, -0.15) is 0 Å². The van der Waals surface area contributed by atoms with Crippen molar-refractivity contribution in [3.8, 4) is 0 Å². The topological polar surface area (TPSA) is 90.3 Å². The molecule has 0 saturated carbocycles. The molecule has 2 N–H and O–H groups in total. The molecule has 0 radical (unpaired) electrons. The minimum absolute atomic E-state index is 0. The van der Waals surface area contributed by atoms with Crippen molar-refractivity contribution in [2.75, 3.05) is 51.8 Å². The standard InChI is InChI=1S/C21H25ClN2O3.C2H3ClO2.ClH/c22-19-8-6-18(7-9-19)21(17-4-2-1-3-5-17)24-12-10-23(11-13-24)14-15-27-16-20(25)26;3-1-2(4)5;/h1-9,21H,10-16H2,(H,25,26);1H2,(H,4,5);1H. The number of piperazine rings is 1. The molecular formula is C23H29Cl3N2O5. The fraction of sp³-hybridized carbons (Fsp3) is 0.391. The van der Waals surface area contributed by atoms with E-state index >= 15 is 0 Å². The summed E-state index contributed by atoms with van der Waals surface area (Å²) in [6.07, 6.45) is 0. The van der Waals surface area contributed by atoms with E-state index in [1.165, 1.54) is 11.1 Å². The molecule has 1 atom stereocenters. The van der Waals surface area contributed by atoms with Gasteiger partial charge in [0.2, 0.25) is 0 Å². The van der Waals surface area contributed by atoms with Crippen LogP contribution in [0.1, 0.15) is 17.2 Å². The second-order valence-corrected chi connectivity index (χ2v) is 7.92. The van der Waals surface area contributed by atoms with E-state index in [4.69, 9.17) is 38.2 Å². The molecule has 0 bridgehead atoms. The van der Waals surface area contributed by atoms with Gasteiger partial charge in [0.1, 0.15) is 12.5 Å². The summed E-state index contributed by atoms with van der Waals surface area (Å²) in [6, 6.07) is 18.8. The number of ether oxygens (including phenoxy) is 1. The van der Waals surface area contributed by atoms with Gasteiger partial charge in [0, 0.05) is 37.7 Å². The minimum Gasteiger partial charge on any atom is -0.480 e.